The molecule has 0 spiro atoms. The van der Waals surface area contributed by atoms with Gasteiger partial charge in [0, 0.05) is 6.20 Å². The van der Waals surface area contributed by atoms with Gasteiger partial charge in [0.05, 0.1) is 0 Å². The third kappa shape index (κ3) is 1.01. The molecular formula is C5H3N3O2S. The number of nitrogens with zero attached hydrogens (tertiary/aromatic N) is 3. The fourth-order valence-corrected chi connectivity index (χ4v) is 1.58. The molecule has 0 aromatic carbocycles. The summed E-state index contributed by atoms with van der Waals surface area (Å²) in [5, 5.41) is 0.313. The van der Waals surface area contributed by atoms with Crippen molar-refractivity contribution in [2.75, 3.05) is 0 Å². The first-order chi connectivity index (χ1) is 5.17. The largest absolute Gasteiger partial charge is 0.365 e. The van der Waals surface area contributed by atoms with Gasteiger partial charge in [-0.15, -0.1) is 8.80 Å². The second-order valence-corrected chi connectivity index (χ2v) is 3.24. The minimum atomic E-state index is -3.62. The fraction of sp³-hybridized carbons (Fsp3) is 0. The summed E-state index contributed by atoms with van der Waals surface area (Å²) in [5.74, 6) is 0. The van der Waals surface area contributed by atoms with E-state index < -0.39 is 10.2 Å². The Bertz CT molecular complexity index is 464. The molecule has 6 heteroatoms. The molecule has 56 valence electrons. The molecule has 1 aliphatic heterocycles. The van der Waals surface area contributed by atoms with Crippen molar-refractivity contribution in [1.29, 1.82) is 0 Å². The Balaban J connectivity index is 3.03. The van der Waals surface area contributed by atoms with Crippen molar-refractivity contribution >= 4 is 10.2 Å². The number of rotatable bonds is 0. The lowest BCUT2D eigenvalue weighted by Crippen LogP contribution is -2.23. The molecule has 1 aliphatic rings. The van der Waals surface area contributed by atoms with Crippen LogP contribution >= 0.6 is 0 Å². The number of pyridine rings is 1. The van der Waals surface area contributed by atoms with E-state index in [4.69, 9.17) is 0 Å². The van der Waals surface area contributed by atoms with Crippen molar-refractivity contribution in [2.45, 2.75) is 0 Å². The van der Waals surface area contributed by atoms with E-state index >= 15 is 0 Å². The molecule has 0 atom stereocenters. The molecule has 0 aliphatic carbocycles. The molecule has 0 amide bonds. The van der Waals surface area contributed by atoms with E-state index in [2.05, 4.69) is 13.8 Å². The lowest BCUT2D eigenvalue weighted by molar-refractivity contribution is 0.599. The molecule has 0 fully saturated rings. The van der Waals surface area contributed by atoms with Crippen molar-refractivity contribution < 1.29 is 8.42 Å². The maximum absolute atomic E-state index is 10.7. The van der Waals surface area contributed by atoms with Crippen LogP contribution in [0.15, 0.2) is 27.1 Å². The van der Waals surface area contributed by atoms with Crippen LogP contribution in [-0.4, -0.2) is 13.4 Å². The predicted molar refractivity (Wildman–Crippen MR) is 35.5 cm³/mol. The Kier molecular flexibility index (Phi) is 1.08. The van der Waals surface area contributed by atoms with E-state index in [1.165, 1.54) is 6.20 Å². The normalized spacial score (nSPS) is 18.2. The van der Waals surface area contributed by atoms with Crippen LogP contribution in [0.3, 0.4) is 0 Å². The first-order valence-corrected chi connectivity index (χ1v) is 4.23. The van der Waals surface area contributed by atoms with Gasteiger partial charge in [0.2, 0.25) is 0 Å². The van der Waals surface area contributed by atoms with Crippen LogP contribution in [0, 0.1) is 0 Å². The Morgan fingerprint density at radius 3 is 2.82 bits per heavy atom. The fourth-order valence-electron chi connectivity index (χ4n) is 0.784. The third-order valence-corrected chi connectivity index (χ3v) is 2.01. The summed E-state index contributed by atoms with van der Waals surface area (Å²) >= 11 is 0. The standard InChI is InChI=1S/C5H3N3O2S/c9-11(10)7-4-2-1-3-6-5(4)8-11/h1-3H. The molecule has 0 radical (unpaired) electrons. The topological polar surface area (TPSA) is 71.8 Å². The molecule has 11 heavy (non-hydrogen) atoms. The first kappa shape index (κ1) is 6.41. The van der Waals surface area contributed by atoms with Crippen LogP contribution in [0.25, 0.3) is 0 Å². The van der Waals surface area contributed by atoms with Gasteiger partial charge in [0.1, 0.15) is 5.36 Å². The first-order valence-electron chi connectivity index (χ1n) is 2.83. The van der Waals surface area contributed by atoms with Gasteiger partial charge in [0.15, 0.2) is 5.49 Å². The monoisotopic (exact) mass is 169 g/mol. The number of fused-ring (bicyclic) bond motifs is 1. The number of aromatic nitrogens is 1. The van der Waals surface area contributed by atoms with Crippen LogP contribution in [-0.2, 0) is 10.2 Å². The smallest absolute Gasteiger partial charge is 0.235 e. The van der Waals surface area contributed by atoms with Gasteiger partial charge >= 0.3 is 10.2 Å². The summed E-state index contributed by atoms with van der Waals surface area (Å²) in [4.78, 5) is 3.72. The molecule has 0 unspecified atom stereocenters. The van der Waals surface area contributed by atoms with Gasteiger partial charge < -0.3 is 0 Å². The van der Waals surface area contributed by atoms with Crippen LogP contribution in [0.4, 0.5) is 0 Å². The zero-order valence-corrected chi connectivity index (χ0v) is 6.11. The zero-order chi connectivity index (χ0) is 7.90. The summed E-state index contributed by atoms with van der Waals surface area (Å²) in [6.07, 6.45) is 1.47. The van der Waals surface area contributed by atoms with Gasteiger partial charge in [-0.3, -0.25) is 0 Å². The highest BCUT2D eigenvalue weighted by atomic mass is 32.2. The molecule has 1 aromatic heterocycles. The third-order valence-electron chi connectivity index (χ3n) is 1.18. The minimum Gasteiger partial charge on any atom is -0.235 e. The second-order valence-electron chi connectivity index (χ2n) is 1.98. The van der Waals surface area contributed by atoms with Crippen LogP contribution in [0.1, 0.15) is 0 Å². The van der Waals surface area contributed by atoms with E-state index in [-0.39, 0.29) is 5.49 Å². The van der Waals surface area contributed by atoms with E-state index in [0.717, 1.165) is 0 Å². The summed E-state index contributed by atoms with van der Waals surface area (Å²) < 4.78 is 28.0. The summed E-state index contributed by atoms with van der Waals surface area (Å²) in [6.45, 7) is 0. The van der Waals surface area contributed by atoms with E-state index in [9.17, 15) is 8.42 Å². The van der Waals surface area contributed by atoms with Crippen molar-refractivity contribution in [2.24, 2.45) is 8.80 Å². The minimum absolute atomic E-state index is 0.174. The van der Waals surface area contributed by atoms with Gasteiger partial charge in [-0.1, -0.05) is 0 Å². The maximum Gasteiger partial charge on any atom is 0.365 e. The van der Waals surface area contributed by atoms with Crippen LogP contribution < -0.4 is 10.8 Å². The van der Waals surface area contributed by atoms with Crippen molar-refractivity contribution in [3.63, 3.8) is 0 Å². The number of hydrogen-bond donors (Lipinski definition) is 0. The van der Waals surface area contributed by atoms with E-state index in [1.807, 2.05) is 0 Å². The lowest BCUT2D eigenvalue weighted by Gasteiger charge is -1.74. The Morgan fingerprint density at radius 2 is 2.09 bits per heavy atom. The summed E-state index contributed by atoms with van der Waals surface area (Å²) in [5.41, 5.74) is 0.174. The average molecular weight is 169 g/mol. The SMILES string of the molecule is O=S1(=O)N=c2cccnc2=N1. The Morgan fingerprint density at radius 1 is 1.27 bits per heavy atom. The molecule has 2 heterocycles. The maximum atomic E-state index is 10.7. The molecule has 2 rings (SSSR count). The summed E-state index contributed by atoms with van der Waals surface area (Å²) in [6, 6.07) is 3.16. The van der Waals surface area contributed by atoms with Gasteiger partial charge in [-0.05, 0) is 12.1 Å². The lowest BCUT2D eigenvalue weighted by atomic mass is 10.5. The van der Waals surface area contributed by atoms with Crippen LogP contribution in [0.5, 0.6) is 0 Å². The molecule has 0 bridgehead atoms. The Hall–Kier alpha value is -1.30. The highest BCUT2D eigenvalue weighted by Gasteiger charge is 2.10. The highest BCUT2D eigenvalue weighted by molar-refractivity contribution is 7.88. The molecule has 0 N–H and O–H groups in total. The number of hydrogen-bond acceptors (Lipinski definition) is 3. The Labute approximate surface area is 62.3 Å². The van der Waals surface area contributed by atoms with Gasteiger partial charge in [-0.2, -0.15) is 8.42 Å². The molecule has 1 aromatic rings. The van der Waals surface area contributed by atoms with Crippen molar-refractivity contribution in [3.05, 3.63) is 29.2 Å². The molecule has 0 saturated carbocycles. The highest BCUT2D eigenvalue weighted by Crippen LogP contribution is 1.92. The molecular weight excluding hydrogens is 166 g/mol. The quantitative estimate of drug-likeness (QED) is 0.478. The van der Waals surface area contributed by atoms with Crippen LogP contribution in [0.2, 0.25) is 0 Å². The van der Waals surface area contributed by atoms with E-state index in [1.54, 1.807) is 12.1 Å². The predicted octanol–water partition coefficient (Wildman–Crippen LogP) is -1.42. The average Bonchev–Trinajstić information content (AvgIpc) is 2.21. The summed E-state index contributed by atoms with van der Waals surface area (Å²) in [7, 11) is -3.62. The van der Waals surface area contributed by atoms with Crippen molar-refractivity contribution in [1.82, 2.24) is 4.98 Å². The second kappa shape index (κ2) is 1.85. The van der Waals surface area contributed by atoms with Crippen molar-refractivity contribution in [3.8, 4) is 0 Å². The van der Waals surface area contributed by atoms with Gasteiger partial charge in [-0.25, -0.2) is 4.98 Å². The van der Waals surface area contributed by atoms with E-state index in [0.29, 0.717) is 5.36 Å². The molecule has 5 nitrogen and oxygen atoms in total. The van der Waals surface area contributed by atoms with Gasteiger partial charge in [0.25, 0.3) is 0 Å². The zero-order valence-electron chi connectivity index (χ0n) is 5.30. The molecule has 0 saturated heterocycles.